The smallest absolute Gasteiger partial charge is 0.258 e. The van der Waals surface area contributed by atoms with E-state index in [-0.39, 0.29) is 17.2 Å². The minimum absolute atomic E-state index is 0.0806. The van der Waals surface area contributed by atoms with Gasteiger partial charge in [-0.25, -0.2) is 25.8 Å². The first-order valence-corrected chi connectivity index (χ1v) is 13.7. The molecular formula is C27H25F3IN7O. The Bertz CT molecular complexity index is 1540. The Labute approximate surface area is 236 Å². The highest BCUT2D eigenvalue weighted by Gasteiger charge is 2.30. The van der Waals surface area contributed by atoms with E-state index in [0.717, 1.165) is 50.4 Å². The van der Waals surface area contributed by atoms with Crippen LogP contribution in [0.3, 0.4) is 0 Å². The van der Waals surface area contributed by atoms with Crippen molar-refractivity contribution in [2.45, 2.75) is 18.9 Å². The molecule has 6 rings (SSSR count). The number of hydrogen-bond donors (Lipinski definition) is 1. The highest BCUT2D eigenvalue weighted by atomic mass is 127. The average Bonchev–Trinajstić information content (AvgIpc) is 3.57. The lowest BCUT2D eigenvalue weighted by Gasteiger charge is -2.33. The van der Waals surface area contributed by atoms with Crippen molar-refractivity contribution >= 4 is 51.6 Å². The number of aromatic nitrogens is 3. The van der Waals surface area contributed by atoms with Gasteiger partial charge in [-0.05, 0) is 55.3 Å². The van der Waals surface area contributed by atoms with E-state index in [1.165, 1.54) is 28.9 Å². The molecule has 202 valence electrons. The second-order valence-electron chi connectivity index (χ2n) is 9.64. The lowest BCUT2D eigenvalue weighted by atomic mass is 10.0. The molecule has 1 atom stereocenters. The molecule has 2 aliphatic rings. The second-order valence-corrected chi connectivity index (χ2v) is 11.0. The first-order chi connectivity index (χ1) is 18.9. The van der Waals surface area contributed by atoms with Crippen LogP contribution in [0.15, 0.2) is 54.9 Å². The third kappa shape index (κ3) is 5.14. The van der Waals surface area contributed by atoms with Gasteiger partial charge >= 0.3 is 0 Å². The Balaban J connectivity index is 1.23. The number of piperazine rings is 1. The zero-order chi connectivity index (χ0) is 27.1. The predicted molar refractivity (Wildman–Crippen MR) is 151 cm³/mol. The second kappa shape index (κ2) is 10.6. The fraction of sp³-hybridized carbons (Fsp3) is 0.296. The van der Waals surface area contributed by atoms with Crippen LogP contribution in [-0.4, -0.2) is 56.3 Å². The molecule has 1 amide bonds. The van der Waals surface area contributed by atoms with Crippen LogP contribution in [0.5, 0.6) is 0 Å². The van der Waals surface area contributed by atoms with Crippen molar-refractivity contribution in [2.24, 2.45) is 0 Å². The molecule has 2 aromatic carbocycles. The molecule has 2 saturated heterocycles. The topological polar surface area (TPSA) is 69.0 Å². The third-order valence-electron chi connectivity index (χ3n) is 7.25. The minimum Gasteiger partial charge on any atom is -0.369 e. The highest BCUT2D eigenvalue weighted by molar-refractivity contribution is 14.1. The molecule has 39 heavy (non-hydrogen) atoms. The predicted octanol–water partition coefficient (Wildman–Crippen LogP) is 5.21. The van der Waals surface area contributed by atoms with Crippen LogP contribution < -0.4 is 15.1 Å². The van der Waals surface area contributed by atoms with Crippen molar-refractivity contribution < 1.29 is 18.0 Å². The van der Waals surface area contributed by atoms with Gasteiger partial charge < -0.3 is 15.1 Å². The highest BCUT2D eigenvalue weighted by Crippen LogP contribution is 2.37. The number of rotatable bonds is 5. The van der Waals surface area contributed by atoms with Gasteiger partial charge in [-0.3, -0.25) is 4.79 Å². The number of hydrogen-bond acceptors (Lipinski definition) is 6. The zero-order valence-electron chi connectivity index (χ0n) is 20.8. The van der Waals surface area contributed by atoms with Crippen molar-refractivity contribution in [2.75, 3.05) is 47.8 Å². The molecule has 1 N–H and O–H groups in total. The summed E-state index contributed by atoms with van der Waals surface area (Å²) in [7, 11) is 0. The van der Waals surface area contributed by atoms with Gasteiger partial charge in [-0.2, -0.15) is 5.10 Å². The van der Waals surface area contributed by atoms with Gasteiger partial charge in [0.1, 0.15) is 29.0 Å². The fourth-order valence-electron chi connectivity index (χ4n) is 5.26. The number of anilines is 3. The number of nitrogens with one attached hydrogen (secondary N) is 1. The Hall–Kier alpha value is -3.39. The number of benzene rings is 2. The lowest BCUT2D eigenvalue weighted by molar-refractivity contribution is 0.102. The molecule has 0 radical (unpaired) electrons. The molecule has 0 bridgehead atoms. The molecule has 4 aromatic rings. The summed E-state index contributed by atoms with van der Waals surface area (Å²) < 4.78 is 47.1. The SMILES string of the molecule is O=C(Nc1cnn2ccc(N3CCCC3c3cc(F)ccc3F)nc12)c1ccc(N2CCN(I)CC2)cc1F. The molecule has 4 heterocycles. The Kier molecular flexibility index (Phi) is 7.06. The Morgan fingerprint density at radius 2 is 1.79 bits per heavy atom. The summed E-state index contributed by atoms with van der Waals surface area (Å²) in [6.45, 7) is 3.94. The fourth-order valence-corrected chi connectivity index (χ4v) is 5.69. The molecule has 2 fully saturated rings. The van der Waals surface area contributed by atoms with Gasteiger partial charge in [-0.1, -0.05) is 0 Å². The third-order valence-corrected chi connectivity index (χ3v) is 8.22. The van der Waals surface area contributed by atoms with E-state index >= 15 is 4.39 Å². The van der Waals surface area contributed by atoms with Crippen LogP contribution in [0.2, 0.25) is 0 Å². The van der Waals surface area contributed by atoms with E-state index in [0.29, 0.717) is 30.1 Å². The number of carbonyl (C=O) groups is 1. The van der Waals surface area contributed by atoms with Crippen molar-refractivity contribution in [1.29, 1.82) is 0 Å². The first kappa shape index (κ1) is 25.9. The van der Waals surface area contributed by atoms with Gasteiger partial charge in [-0.15, -0.1) is 0 Å². The summed E-state index contributed by atoms with van der Waals surface area (Å²) in [6.07, 6.45) is 4.58. The van der Waals surface area contributed by atoms with Gasteiger partial charge in [0, 0.05) is 73.0 Å². The van der Waals surface area contributed by atoms with Crippen LogP contribution >= 0.6 is 22.9 Å². The Morgan fingerprint density at radius 3 is 2.59 bits per heavy atom. The number of amides is 1. The molecule has 0 spiro atoms. The van der Waals surface area contributed by atoms with Crippen LogP contribution in [0.1, 0.15) is 34.8 Å². The van der Waals surface area contributed by atoms with E-state index in [2.05, 4.69) is 46.3 Å². The van der Waals surface area contributed by atoms with Crippen molar-refractivity contribution in [3.8, 4) is 0 Å². The molecule has 0 aliphatic carbocycles. The quantitative estimate of drug-likeness (QED) is 0.237. The van der Waals surface area contributed by atoms with E-state index in [9.17, 15) is 13.6 Å². The summed E-state index contributed by atoms with van der Waals surface area (Å²) in [5, 5.41) is 6.98. The maximum atomic E-state index is 15.0. The van der Waals surface area contributed by atoms with Gasteiger partial charge in [0.25, 0.3) is 5.91 Å². The Morgan fingerprint density at radius 1 is 0.974 bits per heavy atom. The summed E-state index contributed by atoms with van der Waals surface area (Å²) in [4.78, 5) is 21.7. The van der Waals surface area contributed by atoms with Gasteiger partial charge in [0.2, 0.25) is 0 Å². The van der Waals surface area contributed by atoms with Gasteiger partial charge in [0.15, 0.2) is 5.65 Å². The minimum atomic E-state index is -0.612. The largest absolute Gasteiger partial charge is 0.369 e. The molecule has 2 aromatic heterocycles. The summed E-state index contributed by atoms with van der Waals surface area (Å²) in [5.74, 6) is -1.63. The lowest BCUT2D eigenvalue weighted by Crippen LogP contribution is -2.42. The summed E-state index contributed by atoms with van der Waals surface area (Å²) in [5.41, 5.74) is 1.62. The average molecular weight is 647 g/mol. The van der Waals surface area contributed by atoms with Crippen LogP contribution in [0, 0.1) is 17.5 Å². The number of fused-ring (bicyclic) bond motifs is 1. The zero-order valence-corrected chi connectivity index (χ0v) is 23.0. The van der Waals surface area contributed by atoms with Crippen LogP contribution in [0.4, 0.5) is 30.4 Å². The van der Waals surface area contributed by atoms with Gasteiger partial charge in [0.05, 0.1) is 17.8 Å². The first-order valence-electron chi connectivity index (χ1n) is 12.7. The molecule has 12 heteroatoms. The monoisotopic (exact) mass is 647 g/mol. The maximum absolute atomic E-state index is 15.0. The van der Waals surface area contributed by atoms with Crippen molar-refractivity contribution in [3.05, 3.63) is 83.4 Å². The summed E-state index contributed by atoms with van der Waals surface area (Å²) in [6, 6.07) is 9.48. The summed E-state index contributed by atoms with van der Waals surface area (Å²) >= 11 is 2.28. The molecule has 1 unspecified atom stereocenters. The van der Waals surface area contributed by atoms with E-state index in [1.54, 1.807) is 18.3 Å². The normalized spacial score (nSPS) is 18.2. The number of nitrogens with zero attached hydrogens (tertiary/aromatic N) is 6. The van der Waals surface area contributed by atoms with Crippen LogP contribution in [-0.2, 0) is 0 Å². The van der Waals surface area contributed by atoms with Crippen molar-refractivity contribution in [3.63, 3.8) is 0 Å². The number of halogens is 4. The molecule has 8 nitrogen and oxygen atoms in total. The molecule has 0 saturated carbocycles. The van der Waals surface area contributed by atoms with E-state index in [4.69, 9.17) is 0 Å². The van der Waals surface area contributed by atoms with Crippen molar-refractivity contribution in [1.82, 2.24) is 17.7 Å². The van der Waals surface area contributed by atoms with E-state index < -0.39 is 23.4 Å². The molecule has 2 aliphatic heterocycles. The van der Waals surface area contributed by atoms with E-state index in [1.807, 2.05) is 4.90 Å². The van der Waals surface area contributed by atoms with Crippen LogP contribution in [0.25, 0.3) is 5.65 Å². The maximum Gasteiger partial charge on any atom is 0.258 e. The standard InChI is InChI=1S/C27H25F3IN7O/c28-17-3-6-21(29)20(14-17)24-2-1-8-37(24)25-7-9-38-26(34-25)23(16-32-38)33-27(39)19-5-4-18(15-22(19)30)35-10-12-36(31)13-11-35/h3-7,9,14-16,24H,1-2,8,10-13H2,(H,33,39). The molecular weight excluding hydrogens is 622 g/mol. The number of carbonyl (C=O) groups excluding carboxylic acids is 1.